The molecule has 0 aromatic carbocycles. The predicted molar refractivity (Wildman–Crippen MR) is 71.7 cm³/mol. The van der Waals surface area contributed by atoms with Crippen LogP contribution in [0.5, 0.6) is 0 Å². The summed E-state index contributed by atoms with van der Waals surface area (Å²) >= 11 is 1.58. The van der Waals surface area contributed by atoms with E-state index in [0.717, 1.165) is 17.8 Å². The Morgan fingerprint density at radius 2 is 2.12 bits per heavy atom. The van der Waals surface area contributed by atoms with Crippen LogP contribution in [0, 0.1) is 0 Å². The summed E-state index contributed by atoms with van der Waals surface area (Å²) in [7, 11) is 0. The topological polar surface area (TPSA) is 49.3 Å². The number of carbonyl (C=O) groups is 1. The van der Waals surface area contributed by atoms with Crippen LogP contribution in [0.15, 0.2) is 12.1 Å². The van der Waals surface area contributed by atoms with Crippen LogP contribution >= 0.6 is 11.3 Å². The van der Waals surface area contributed by atoms with Gasteiger partial charge in [-0.25, -0.2) is 0 Å². The van der Waals surface area contributed by atoms with Crippen molar-refractivity contribution in [3.8, 4) is 0 Å². The zero-order chi connectivity index (χ0) is 13.1. The Hall–Kier alpha value is -0.870. The lowest BCUT2D eigenvalue weighted by molar-refractivity contribution is -0.139. The zero-order valence-corrected chi connectivity index (χ0v) is 11.7. The van der Waals surface area contributed by atoms with E-state index in [2.05, 4.69) is 26.1 Å². The van der Waals surface area contributed by atoms with Crippen LogP contribution in [0.3, 0.4) is 0 Å². The van der Waals surface area contributed by atoms with Gasteiger partial charge in [0.25, 0.3) is 0 Å². The van der Waals surface area contributed by atoms with Gasteiger partial charge in [-0.2, -0.15) is 0 Å². The average molecular weight is 255 g/mol. The van der Waals surface area contributed by atoms with E-state index in [0.29, 0.717) is 0 Å². The quantitative estimate of drug-likeness (QED) is 0.849. The molecule has 0 aliphatic rings. The number of hydrogen-bond acceptors (Lipinski definition) is 3. The highest BCUT2D eigenvalue weighted by atomic mass is 32.1. The zero-order valence-electron chi connectivity index (χ0n) is 10.9. The van der Waals surface area contributed by atoms with Crippen LogP contribution in [0.25, 0.3) is 0 Å². The smallest absolute Gasteiger partial charge is 0.326 e. The standard InChI is InChI=1S/C13H21NO2S/c1-5-8-14-11(12(15)16)9-6-7-10(17-9)13(2,3)4/h6-7,11,14H,5,8H2,1-4H3,(H,15,16). The first-order valence-electron chi connectivity index (χ1n) is 5.92. The number of aliphatic carboxylic acids is 1. The fourth-order valence-corrected chi connectivity index (χ4v) is 2.64. The van der Waals surface area contributed by atoms with Crippen molar-refractivity contribution in [3.63, 3.8) is 0 Å². The van der Waals surface area contributed by atoms with Crippen LogP contribution in [0.1, 0.15) is 49.9 Å². The molecule has 0 fully saturated rings. The Labute approximate surface area is 107 Å². The third kappa shape index (κ3) is 3.82. The van der Waals surface area contributed by atoms with Crippen molar-refractivity contribution in [2.75, 3.05) is 6.54 Å². The maximum atomic E-state index is 11.2. The van der Waals surface area contributed by atoms with Crippen molar-refractivity contribution in [2.24, 2.45) is 0 Å². The fraction of sp³-hybridized carbons (Fsp3) is 0.615. The van der Waals surface area contributed by atoms with Gasteiger partial charge in [-0.1, -0.05) is 27.7 Å². The minimum absolute atomic E-state index is 0.0801. The lowest BCUT2D eigenvalue weighted by atomic mass is 9.95. The summed E-state index contributed by atoms with van der Waals surface area (Å²) in [4.78, 5) is 13.3. The van der Waals surface area contributed by atoms with E-state index in [1.165, 1.54) is 4.88 Å². The predicted octanol–water partition coefficient (Wildman–Crippen LogP) is 3.17. The first kappa shape index (κ1) is 14.2. The average Bonchev–Trinajstić information content (AvgIpc) is 2.66. The second kappa shape index (κ2) is 5.65. The molecule has 1 aromatic rings. The van der Waals surface area contributed by atoms with Crippen LogP contribution in [0.4, 0.5) is 0 Å². The van der Waals surface area contributed by atoms with E-state index in [9.17, 15) is 9.90 Å². The number of rotatable bonds is 5. The molecule has 3 nitrogen and oxygen atoms in total. The summed E-state index contributed by atoms with van der Waals surface area (Å²) in [5.74, 6) is -0.805. The summed E-state index contributed by atoms with van der Waals surface area (Å²) in [5, 5.41) is 12.3. The van der Waals surface area contributed by atoms with Crippen molar-refractivity contribution in [1.29, 1.82) is 0 Å². The highest BCUT2D eigenvalue weighted by Gasteiger charge is 2.23. The van der Waals surface area contributed by atoms with Gasteiger partial charge < -0.3 is 10.4 Å². The van der Waals surface area contributed by atoms with Crippen LogP contribution in [-0.4, -0.2) is 17.6 Å². The molecule has 0 bridgehead atoms. The van der Waals surface area contributed by atoms with Gasteiger partial charge in [0, 0.05) is 9.75 Å². The van der Waals surface area contributed by atoms with Gasteiger partial charge in [-0.05, 0) is 30.5 Å². The summed E-state index contributed by atoms with van der Waals surface area (Å²) in [6.07, 6.45) is 0.932. The molecular formula is C13H21NO2S. The van der Waals surface area contributed by atoms with Crippen molar-refractivity contribution < 1.29 is 9.90 Å². The summed E-state index contributed by atoms with van der Waals surface area (Å²) < 4.78 is 0. The van der Waals surface area contributed by atoms with E-state index in [-0.39, 0.29) is 5.41 Å². The molecule has 0 saturated heterocycles. The molecule has 0 spiro atoms. The second-order valence-electron chi connectivity index (χ2n) is 5.18. The summed E-state index contributed by atoms with van der Waals surface area (Å²) in [6, 6.07) is 3.38. The molecule has 1 atom stereocenters. The Morgan fingerprint density at radius 3 is 2.53 bits per heavy atom. The molecule has 1 rings (SSSR count). The highest BCUT2D eigenvalue weighted by Crippen LogP contribution is 2.32. The molecule has 0 saturated carbocycles. The van der Waals surface area contributed by atoms with Crippen molar-refractivity contribution >= 4 is 17.3 Å². The minimum atomic E-state index is -0.805. The summed E-state index contributed by atoms with van der Waals surface area (Å²) in [5.41, 5.74) is 0.0801. The maximum Gasteiger partial charge on any atom is 0.326 e. The number of thiophene rings is 1. The Kier molecular flexibility index (Phi) is 4.71. The molecule has 2 N–H and O–H groups in total. The highest BCUT2D eigenvalue weighted by molar-refractivity contribution is 7.12. The Morgan fingerprint density at radius 1 is 1.47 bits per heavy atom. The van der Waals surface area contributed by atoms with E-state index in [1.54, 1.807) is 11.3 Å². The molecule has 4 heteroatoms. The molecule has 17 heavy (non-hydrogen) atoms. The Bertz CT molecular complexity index is 379. The molecule has 1 unspecified atom stereocenters. The second-order valence-corrected chi connectivity index (χ2v) is 6.29. The van der Waals surface area contributed by atoms with Gasteiger partial charge in [0.15, 0.2) is 0 Å². The minimum Gasteiger partial charge on any atom is -0.480 e. The first-order chi connectivity index (χ1) is 7.86. The lowest BCUT2D eigenvalue weighted by Gasteiger charge is -2.16. The number of carboxylic acids is 1. The van der Waals surface area contributed by atoms with E-state index < -0.39 is 12.0 Å². The van der Waals surface area contributed by atoms with Gasteiger partial charge in [0.2, 0.25) is 0 Å². The number of carboxylic acid groups (broad SMARTS) is 1. The maximum absolute atomic E-state index is 11.2. The van der Waals surface area contributed by atoms with Crippen molar-refractivity contribution in [3.05, 3.63) is 21.9 Å². The van der Waals surface area contributed by atoms with E-state index in [4.69, 9.17) is 0 Å². The normalized spacial score (nSPS) is 13.6. The number of nitrogens with one attached hydrogen (secondary N) is 1. The number of hydrogen-bond donors (Lipinski definition) is 2. The van der Waals surface area contributed by atoms with Gasteiger partial charge >= 0.3 is 5.97 Å². The molecule has 1 heterocycles. The third-order valence-electron chi connectivity index (χ3n) is 2.50. The monoisotopic (exact) mass is 255 g/mol. The van der Waals surface area contributed by atoms with Gasteiger partial charge in [-0.15, -0.1) is 11.3 Å². The largest absolute Gasteiger partial charge is 0.480 e. The third-order valence-corrected chi connectivity index (χ3v) is 4.07. The van der Waals surface area contributed by atoms with Gasteiger partial charge in [0.05, 0.1) is 0 Å². The molecule has 0 amide bonds. The molecular weight excluding hydrogens is 234 g/mol. The summed E-state index contributed by atoms with van der Waals surface area (Å²) in [6.45, 7) is 9.16. The van der Waals surface area contributed by atoms with Crippen molar-refractivity contribution in [1.82, 2.24) is 5.32 Å². The van der Waals surface area contributed by atoms with Gasteiger partial charge in [-0.3, -0.25) is 4.79 Å². The SMILES string of the molecule is CCCNC(C(=O)O)c1ccc(C(C)(C)C)s1. The lowest BCUT2D eigenvalue weighted by Crippen LogP contribution is -2.28. The van der Waals surface area contributed by atoms with Crippen LogP contribution in [0.2, 0.25) is 0 Å². The van der Waals surface area contributed by atoms with Crippen LogP contribution in [-0.2, 0) is 10.2 Å². The van der Waals surface area contributed by atoms with E-state index >= 15 is 0 Å². The molecule has 1 aromatic heterocycles. The molecule has 0 radical (unpaired) electrons. The molecule has 96 valence electrons. The first-order valence-corrected chi connectivity index (χ1v) is 6.74. The molecule has 0 aliphatic carbocycles. The molecule has 0 aliphatic heterocycles. The fourth-order valence-electron chi connectivity index (χ4n) is 1.51. The van der Waals surface area contributed by atoms with Crippen molar-refractivity contribution in [2.45, 2.75) is 45.6 Å². The Balaban J connectivity index is 2.88. The van der Waals surface area contributed by atoms with Gasteiger partial charge in [0.1, 0.15) is 6.04 Å². The van der Waals surface area contributed by atoms with Crippen LogP contribution < -0.4 is 5.32 Å². The van der Waals surface area contributed by atoms with E-state index in [1.807, 2.05) is 19.1 Å².